The van der Waals surface area contributed by atoms with Gasteiger partial charge in [-0.3, -0.25) is 5.32 Å². The van der Waals surface area contributed by atoms with E-state index in [0.29, 0.717) is 12.4 Å². The first-order valence-corrected chi connectivity index (χ1v) is 7.86. The van der Waals surface area contributed by atoms with Crippen molar-refractivity contribution in [2.75, 3.05) is 18.5 Å². The largest absolute Gasteiger partial charge is 0.373 e. The predicted octanol–water partition coefficient (Wildman–Crippen LogP) is 3.29. The van der Waals surface area contributed by atoms with E-state index in [4.69, 9.17) is 4.74 Å². The molecule has 1 aliphatic heterocycles. The van der Waals surface area contributed by atoms with Crippen molar-refractivity contribution in [3.8, 4) is 0 Å². The van der Waals surface area contributed by atoms with E-state index in [1.165, 1.54) is 0 Å². The molecule has 2 amide bonds. The highest BCUT2D eigenvalue weighted by molar-refractivity contribution is 5.88. The van der Waals surface area contributed by atoms with Crippen molar-refractivity contribution in [1.82, 2.24) is 10.3 Å². The number of ether oxygens (including phenoxy) is 1. The van der Waals surface area contributed by atoms with Crippen LogP contribution in [0.2, 0.25) is 0 Å². The minimum Gasteiger partial charge on any atom is -0.373 e. The summed E-state index contributed by atoms with van der Waals surface area (Å²) in [7, 11) is 0. The topological polar surface area (TPSA) is 63.2 Å². The standard InChI is InChI=1S/C18H21N3O2/c1-13-7-9-19-16(11-13)21-18(22)20-12-15-8-10-23-17(15)14-5-3-2-4-6-14/h2-7,9,11,15,17H,8,10,12H2,1H3,(H2,19,20,21,22)/t15-,17-/m1/s1. The number of urea groups is 1. The summed E-state index contributed by atoms with van der Waals surface area (Å²) in [6.07, 6.45) is 2.68. The number of pyridine rings is 1. The highest BCUT2D eigenvalue weighted by Crippen LogP contribution is 2.33. The fourth-order valence-electron chi connectivity index (χ4n) is 2.84. The van der Waals surface area contributed by atoms with Crippen LogP contribution in [0.15, 0.2) is 48.7 Å². The summed E-state index contributed by atoms with van der Waals surface area (Å²) in [5.41, 5.74) is 2.22. The predicted molar refractivity (Wildman–Crippen MR) is 89.2 cm³/mol. The molecule has 2 N–H and O–H groups in total. The number of anilines is 1. The van der Waals surface area contributed by atoms with Crippen LogP contribution in [0.3, 0.4) is 0 Å². The molecule has 3 rings (SSSR count). The lowest BCUT2D eigenvalue weighted by Gasteiger charge is -2.19. The smallest absolute Gasteiger partial charge is 0.320 e. The van der Waals surface area contributed by atoms with Crippen LogP contribution in [0.1, 0.15) is 23.7 Å². The van der Waals surface area contributed by atoms with Crippen LogP contribution in [0.5, 0.6) is 0 Å². The molecule has 5 nitrogen and oxygen atoms in total. The van der Waals surface area contributed by atoms with Crippen molar-refractivity contribution in [2.45, 2.75) is 19.4 Å². The Morgan fingerprint density at radius 2 is 2.13 bits per heavy atom. The first-order chi connectivity index (χ1) is 11.2. The molecule has 23 heavy (non-hydrogen) atoms. The van der Waals surface area contributed by atoms with E-state index in [0.717, 1.165) is 24.2 Å². The number of nitrogens with zero attached hydrogens (tertiary/aromatic N) is 1. The van der Waals surface area contributed by atoms with Crippen LogP contribution in [-0.2, 0) is 4.74 Å². The SMILES string of the molecule is Cc1ccnc(NC(=O)NC[C@H]2CCO[C@@H]2c2ccccc2)c1. The van der Waals surface area contributed by atoms with E-state index in [1.807, 2.05) is 37.3 Å². The number of amides is 2. The summed E-state index contributed by atoms with van der Waals surface area (Å²) in [4.78, 5) is 16.1. The Morgan fingerprint density at radius 3 is 2.91 bits per heavy atom. The van der Waals surface area contributed by atoms with Gasteiger partial charge in [-0.15, -0.1) is 0 Å². The summed E-state index contributed by atoms with van der Waals surface area (Å²) < 4.78 is 5.83. The molecule has 5 heteroatoms. The van der Waals surface area contributed by atoms with Gasteiger partial charge in [0.1, 0.15) is 5.82 Å². The fraction of sp³-hybridized carbons (Fsp3) is 0.333. The zero-order chi connectivity index (χ0) is 16.1. The zero-order valence-electron chi connectivity index (χ0n) is 13.2. The molecular formula is C18H21N3O2. The molecule has 1 aromatic heterocycles. The average Bonchev–Trinajstić information content (AvgIpc) is 3.02. The third-order valence-corrected chi connectivity index (χ3v) is 4.02. The second-order valence-electron chi connectivity index (χ2n) is 5.80. The van der Waals surface area contributed by atoms with Crippen molar-refractivity contribution in [3.63, 3.8) is 0 Å². The van der Waals surface area contributed by atoms with Crippen molar-refractivity contribution in [1.29, 1.82) is 0 Å². The van der Waals surface area contributed by atoms with Gasteiger partial charge in [0.2, 0.25) is 0 Å². The molecule has 0 unspecified atom stereocenters. The van der Waals surface area contributed by atoms with Gasteiger partial charge in [-0.25, -0.2) is 9.78 Å². The molecule has 2 atom stereocenters. The lowest BCUT2D eigenvalue weighted by atomic mass is 9.95. The molecule has 1 saturated heterocycles. The van der Waals surface area contributed by atoms with Crippen LogP contribution in [-0.4, -0.2) is 24.2 Å². The van der Waals surface area contributed by atoms with Gasteiger partial charge < -0.3 is 10.1 Å². The number of aromatic nitrogens is 1. The van der Waals surface area contributed by atoms with Crippen molar-refractivity contribution in [2.24, 2.45) is 5.92 Å². The summed E-state index contributed by atoms with van der Waals surface area (Å²) in [6.45, 7) is 3.27. The number of nitrogens with one attached hydrogen (secondary N) is 2. The maximum atomic E-state index is 12.0. The Hall–Kier alpha value is -2.40. The molecule has 2 aromatic rings. The maximum Gasteiger partial charge on any atom is 0.320 e. The molecule has 0 radical (unpaired) electrons. The van der Waals surface area contributed by atoms with E-state index < -0.39 is 0 Å². The number of carbonyl (C=O) groups is 1. The molecule has 1 aromatic carbocycles. The minimum atomic E-state index is -0.234. The van der Waals surface area contributed by atoms with Gasteiger partial charge in [-0.05, 0) is 36.6 Å². The Bertz CT molecular complexity index is 660. The van der Waals surface area contributed by atoms with Gasteiger partial charge in [0.15, 0.2) is 0 Å². The highest BCUT2D eigenvalue weighted by atomic mass is 16.5. The summed E-state index contributed by atoms with van der Waals surface area (Å²) in [6, 6.07) is 13.7. The molecule has 120 valence electrons. The quantitative estimate of drug-likeness (QED) is 0.910. The van der Waals surface area contributed by atoms with Gasteiger partial charge in [0, 0.05) is 25.3 Å². The highest BCUT2D eigenvalue weighted by Gasteiger charge is 2.29. The molecule has 1 aliphatic rings. The zero-order valence-corrected chi connectivity index (χ0v) is 13.2. The van der Waals surface area contributed by atoms with Gasteiger partial charge in [0.25, 0.3) is 0 Å². The Balaban J connectivity index is 1.54. The monoisotopic (exact) mass is 311 g/mol. The third-order valence-electron chi connectivity index (χ3n) is 4.02. The number of rotatable bonds is 4. The van der Waals surface area contributed by atoms with Crippen LogP contribution in [0.4, 0.5) is 10.6 Å². The number of aryl methyl sites for hydroxylation is 1. The third kappa shape index (κ3) is 4.07. The van der Waals surface area contributed by atoms with Crippen molar-refractivity contribution >= 4 is 11.8 Å². The second-order valence-corrected chi connectivity index (χ2v) is 5.80. The number of carbonyl (C=O) groups excluding carboxylic acids is 1. The van der Waals surface area contributed by atoms with E-state index in [9.17, 15) is 4.79 Å². The molecule has 0 spiro atoms. The number of benzene rings is 1. The van der Waals surface area contributed by atoms with E-state index in [1.54, 1.807) is 6.20 Å². The molecule has 1 fully saturated rings. The Labute approximate surface area is 136 Å². The number of hydrogen-bond acceptors (Lipinski definition) is 3. The van der Waals surface area contributed by atoms with Crippen LogP contribution in [0, 0.1) is 12.8 Å². The lowest BCUT2D eigenvalue weighted by molar-refractivity contribution is 0.0911. The second kappa shape index (κ2) is 7.24. The van der Waals surface area contributed by atoms with Gasteiger partial charge in [-0.2, -0.15) is 0 Å². The van der Waals surface area contributed by atoms with E-state index >= 15 is 0 Å². The van der Waals surface area contributed by atoms with Gasteiger partial charge >= 0.3 is 6.03 Å². The normalized spacial score (nSPS) is 20.2. The van der Waals surface area contributed by atoms with Crippen molar-refractivity contribution < 1.29 is 9.53 Å². The summed E-state index contributed by atoms with van der Waals surface area (Å²) >= 11 is 0. The Morgan fingerprint density at radius 1 is 1.30 bits per heavy atom. The molecule has 2 heterocycles. The molecule has 0 saturated carbocycles. The van der Waals surface area contributed by atoms with Gasteiger partial charge in [0.05, 0.1) is 6.10 Å². The molecular weight excluding hydrogens is 290 g/mol. The first kappa shape index (κ1) is 15.5. The van der Waals surface area contributed by atoms with Crippen LogP contribution < -0.4 is 10.6 Å². The summed E-state index contributed by atoms with van der Waals surface area (Å²) in [5.74, 6) is 0.846. The van der Waals surface area contributed by atoms with Gasteiger partial charge in [-0.1, -0.05) is 30.3 Å². The van der Waals surface area contributed by atoms with Crippen LogP contribution >= 0.6 is 0 Å². The van der Waals surface area contributed by atoms with E-state index in [2.05, 4.69) is 27.8 Å². The number of hydrogen-bond donors (Lipinski definition) is 2. The summed E-state index contributed by atoms with van der Waals surface area (Å²) in [5, 5.41) is 5.68. The average molecular weight is 311 g/mol. The van der Waals surface area contributed by atoms with Crippen LogP contribution in [0.25, 0.3) is 0 Å². The minimum absolute atomic E-state index is 0.0496. The lowest BCUT2D eigenvalue weighted by Crippen LogP contribution is -2.34. The first-order valence-electron chi connectivity index (χ1n) is 7.86. The fourth-order valence-corrected chi connectivity index (χ4v) is 2.84. The van der Waals surface area contributed by atoms with E-state index in [-0.39, 0.29) is 18.1 Å². The van der Waals surface area contributed by atoms with Crippen molar-refractivity contribution in [3.05, 3.63) is 59.8 Å². The molecule has 0 aliphatic carbocycles. The maximum absolute atomic E-state index is 12.0. The molecule has 0 bridgehead atoms. The Kier molecular flexibility index (Phi) is 4.88.